The fourth-order valence-corrected chi connectivity index (χ4v) is 2.19. The number of nitrogens with zero attached hydrogens (tertiary/aromatic N) is 7. The van der Waals surface area contributed by atoms with Crippen LogP contribution in [0.5, 0.6) is 0 Å². The predicted molar refractivity (Wildman–Crippen MR) is 83.6 cm³/mol. The Kier molecular flexibility index (Phi) is 3.48. The molecule has 0 fully saturated rings. The Balaban J connectivity index is 1.94. The van der Waals surface area contributed by atoms with E-state index >= 15 is 0 Å². The predicted octanol–water partition coefficient (Wildman–Crippen LogP) is 1.85. The van der Waals surface area contributed by atoms with E-state index in [1.807, 2.05) is 28.6 Å². The first-order valence-corrected chi connectivity index (χ1v) is 7.14. The molecular weight excluding hydrogens is 278 g/mol. The summed E-state index contributed by atoms with van der Waals surface area (Å²) in [5.41, 5.74) is 1.53. The Bertz CT molecular complexity index is 773. The Morgan fingerprint density at radius 3 is 2.64 bits per heavy atom. The van der Waals surface area contributed by atoms with Crippen LogP contribution in [0.1, 0.15) is 32.3 Å². The molecule has 7 heteroatoms. The van der Waals surface area contributed by atoms with Crippen LogP contribution in [-0.2, 0) is 12.0 Å². The zero-order valence-electron chi connectivity index (χ0n) is 13.2. The summed E-state index contributed by atoms with van der Waals surface area (Å²) in [7, 11) is 1.98. The number of hydrogen-bond donors (Lipinski definition) is 0. The fourth-order valence-electron chi connectivity index (χ4n) is 2.19. The molecule has 3 aromatic rings. The standard InChI is InChI=1S/C15H19N7/c1-15(2,3)14-19-18-12-5-6-13(20-22(12)14)21(4)10-11-9-16-7-8-17-11/h5-9H,10H2,1-4H3. The molecule has 0 aliphatic heterocycles. The van der Waals surface area contributed by atoms with Crippen LogP contribution in [0.4, 0.5) is 5.82 Å². The van der Waals surface area contributed by atoms with Crippen molar-refractivity contribution in [3.8, 4) is 0 Å². The lowest BCUT2D eigenvalue weighted by atomic mass is 9.96. The van der Waals surface area contributed by atoms with Gasteiger partial charge in [-0.15, -0.1) is 15.3 Å². The second-order valence-corrected chi connectivity index (χ2v) is 6.29. The summed E-state index contributed by atoms with van der Waals surface area (Å²) in [4.78, 5) is 10.4. The lowest BCUT2D eigenvalue weighted by molar-refractivity contribution is 0.526. The van der Waals surface area contributed by atoms with Crippen molar-refractivity contribution < 1.29 is 0 Å². The monoisotopic (exact) mass is 297 g/mol. The average Bonchev–Trinajstić information content (AvgIpc) is 2.91. The van der Waals surface area contributed by atoms with E-state index in [1.165, 1.54) is 0 Å². The van der Waals surface area contributed by atoms with E-state index in [2.05, 4.69) is 46.0 Å². The first-order valence-electron chi connectivity index (χ1n) is 7.14. The minimum Gasteiger partial charge on any atom is -0.352 e. The first-order chi connectivity index (χ1) is 10.4. The molecule has 0 aliphatic carbocycles. The highest BCUT2D eigenvalue weighted by molar-refractivity contribution is 5.45. The van der Waals surface area contributed by atoms with Gasteiger partial charge < -0.3 is 4.90 Å². The van der Waals surface area contributed by atoms with Gasteiger partial charge in [-0.05, 0) is 12.1 Å². The first kappa shape index (κ1) is 14.4. The van der Waals surface area contributed by atoms with Gasteiger partial charge in [0.25, 0.3) is 0 Å². The summed E-state index contributed by atoms with van der Waals surface area (Å²) in [5, 5.41) is 13.1. The molecule has 0 spiro atoms. The zero-order chi connectivity index (χ0) is 15.7. The summed E-state index contributed by atoms with van der Waals surface area (Å²) in [6, 6.07) is 3.87. The van der Waals surface area contributed by atoms with E-state index in [0.717, 1.165) is 23.0 Å². The fraction of sp³-hybridized carbons (Fsp3) is 0.400. The molecule has 0 N–H and O–H groups in total. The third-order valence-corrected chi connectivity index (χ3v) is 3.33. The quantitative estimate of drug-likeness (QED) is 0.734. The Labute approximate surface area is 129 Å². The summed E-state index contributed by atoms with van der Waals surface area (Å²) in [6.07, 6.45) is 5.12. The molecule has 0 aliphatic rings. The van der Waals surface area contributed by atoms with Crippen LogP contribution < -0.4 is 4.90 Å². The van der Waals surface area contributed by atoms with Crippen molar-refractivity contribution in [2.24, 2.45) is 0 Å². The van der Waals surface area contributed by atoms with Gasteiger partial charge in [0.15, 0.2) is 11.5 Å². The molecule has 0 unspecified atom stereocenters. The minimum absolute atomic E-state index is 0.117. The maximum atomic E-state index is 4.67. The molecule has 3 heterocycles. The second-order valence-electron chi connectivity index (χ2n) is 6.29. The van der Waals surface area contributed by atoms with Crippen molar-refractivity contribution in [3.05, 3.63) is 42.2 Å². The van der Waals surface area contributed by atoms with E-state index in [9.17, 15) is 0 Å². The van der Waals surface area contributed by atoms with E-state index in [1.54, 1.807) is 18.6 Å². The van der Waals surface area contributed by atoms with Gasteiger partial charge in [-0.1, -0.05) is 20.8 Å². The van der Waals surface area contributed by atoms with Crippen molar-refractivity contribution in [3.63, 3.8) is 0 Å². The van der Waals surface area contributed by atoms with Gasteiger partial charge in [0.2, 0.25) is 0 Å². The summed E-state index contributed by atoms with van der Waals surface area (Å²) in [5.74, 6) is 1.68. The molecule has 0 radical (unpaired) electrons. The molecule has 7 nitrogen and oxygen atoms in total. The normalized spacial score (nSPS) is 11.8. The van der Waals surface area contributed by atoms with Crippen LogP contribution in [-0.4, -0.2) is 36.8 Å². The molecular formula is C15H19N7. The maximum absolute atomic E-state index is 4.67. The zero-order valence-corrected chi connectivity index (χ0v) is 13.2. The molecule has 114 valence electrons. The lowest BCUT2D eigenvalue weighted by Gasteiger charge is -2.19. The summed E-state index contributed by atoms with van der Waals surface area (Å²) in [6.45, 7) is 6.93. The Morgan fingerprint density at radius 1 is 1.14 bits per heavy atom. The van der Waals surface area contributed by atoms with Crippen molar-refractivity contribution >= 4 is 11.5 Å². The van der Waals surface area contributed by atoms with Crippen molar-refractivity contribution in [1.82, 2.24) is 29.8 Å². The maximum Gasteiger partial charge on any atom is 0.178 e. The Hall–Kier alpha value is -2.57. The van der Waals surface area contributed by atoms with Crippen molar-refractivity contribution in [2.45, 2.75) is 32.7 Å². The highest BCUT2D eigenvalue weighted by Crippen LogP contribution is 2.21. The summed E-state index contributed by atoms with van der Waals surface area (Å²) < 4.78 is 1.81. The van der Waals surface area contributed by atoms with E-state index in [0.29, 0.717) is 6.54 Å². The Morgan fingerprint density at radius 2 is 1.95 bits per heavy atom. The molecule has 0 aromatic carbocycles. The number of fused-ring (bicyclic) bond motifs is 1. The molecule has 0 bridgehead atoms. The number of anilines is 1. The molecule has 0 amide bonds. The third-order valence-electron chi connectivity index (χ3n) is 3.33. The smallest absolute Gasteiger partial charge is 0.178 e. The van der Waals surface area contributed by atoms with Gasteiger partial charge in [-0.25, -0.2) is 0 Å². The molecule has 0 saturated carbocycles. The van der Waals surface area contributed by atoms with Gasteiger partial charge in [0.05, 0.1) is 18.4 Å². The average molecular weight is 297 g/mol. The second kappa shape index (κ2) is 5.32. The third kappa shape index (κ3) is 2.74. The van der Waals surface area contributed by atoms with Crippen LogP contribution >= 0.6 is 0 Å². The molecule has 3 rings (SSSR count). The molecule has 0 saturated heterocycles. The topological polar surface area (TPSA) is 72.1 Å². The largest absolute Gasteiger partial charge is 0.352 e. The van der Waals surface area contributed by atoms with Gasteiger partial charge in [0.1, 0.15) is 5.82 Å². The van der Waals surface area contributed by atoms with Crippen LogP contribution in [0.15, 0.2) is 30.7 Å². The molecule has 22 heavy (non-hydrogen) atoms. The van der Waals surface area contributed by atoms with Gasteiger partial charge in [-0.3, -0.25) is 9.97 Å². The van der Waals surface area contributed by atoms with Crippen molar-refractivity contribution in [1.29, 1.82) is 0 Å². The van der Waals surface area contributed by atoms with Crippen molar-refractivity contribution in [2.75, 3.05) is 11.9 Å². The highest BCUT2D eigenvalue weighted by atomic mass is 15.4. The molecule has 3 aromatic heterocycles. The van der Waals surface area contributed by atoms with Crippen LogP contribution in [0, 0.1) is 0 Å². The SMILES string of the molecule is CN(Cc1cnccn1)c1ccc2nnc(C(C)(C)C)n2n1. The number of aromatic nitrogens is 6. The summed E-state index contributed by atoms with van der Waals surface area (Å²) >= 11 is 0. The van der Waals surface area contributed by atoms with Gasteiger partial charge in [0, 0.05) is 24.9 Å². The molecule has 0 atom stereocenters. The van der Waals surface area contributed by atoms with Crippen LogP contribution in [0.3, 0.4) is 0 Å². The minimum atomic E-state index is -0.117. The highest BCUT2D eigenvalue weighted by Gasteiger charge is 2.22. The van der Waals surface area contributed by atoms with E-state index in [4.69, 9.17) is 0 Å². The number of hydrogen-bond acceptors (Lipinski definition) is 6. The van der Waals surface area contributed by atoms with Crippen LogP contribution in [0.2, 0.25) is 0 Å². The van der Waals surface area contributed by atoms with Gasteiger partial charge >= 0.3 is 0 Å². The lowest BCUT2D eigenvalue weighted by Crippen LogP contribution is -2.21. The van der Waals surface area contributed by atoms with Crippen LogP contribution in [0.25, 0.3) is 5.65 Å². The van der Waals surface area contributed by atoms with E-state index < -0.39 is 0 Å². The van der Waals surface area contributed by atoms with Gasteiger partial charge in [-0.2, -0.15) is 4.52 Å². The number of rotatable bonds is 3. The van der Waals surface area contributed by atoms with E-state index in [-0.39, 0.29) is 5.41 Å².